The summed E-state index contributed by atoms with van der Waals surface area (Å²) >= 11 is 4.95. The highest BCUT2D eigenvalue weighted by Gasteiger charge is 1.98. The third kappa shape index (κ3) is 2.30. The molecule has 2 nitrogen and oxygen atoms in total. The lowest BCUT2D eigenvalue weighted by atomic mass is 10.1. The molecule has 0 aliphatic carbocycles. The molecule has 1 aromatic heterocycles. The zero-order chi connectivity index (χ0) is 10.7. The predicted molar refractivity (Wildman–Crippen MR) is 64.2 cm³/mol. The molecule has 76 valence electrons. The molecule has 2 aromatic rings. The zero-order valence-corrected chi connectivity index (χ0v) is 9.34. The van der Waals surface area contributed by atoms with Crippen LogP contribution in [-0.4, -0.2) is 10.2 Å². The van der Waals surface area contributed by atoms with Crippen molar-refractivity contribution in [2.45, 2.75) is 13.3 Å². The SMILES string of the molecule is CCc1cccc(-c2ccc(=S)[nH]n2)c1. The Morgan fingerprint density at radius 1 is 1.27 bits per heavy atom. The molecule has 0 amide bonds. The van der Waals surface area contributed by atoms with E-state index in [1.807, 2.05) is 12.1 Å². The molecular formula is C12H12N2S. The highest BCUT2D eigenvalue weighted by Crippen LogP contribution is 2.17. The monoisotopic (exact) mass is 216 g/mol. The van der Waals surface area contributed by atoms with Crippen molar-refractivity contribution in [1.29, 1.82) is 0 Å². The summed E-state index contributed by atoms with van der Waals surface area (Å²) in [6.07, 6.45) is 1.04. The number of aryl methyl sites for hydroxylation is 1. The Morgan fingerprint density at radius 3 is 2.80 bits per heavy atom. The molecule has 3 heteroatoms. The highest BCUT2D eigenvalue weighted by atomic mass is 32.1. The van der Waals surface area contributed by atoms with Gasteiger partial charge < -0.3 is 0 Å². The largest absolute Gasteiger partial charge is 0.267 e. The number of nitrogens with zero attached hydrogens (tertiary/aromatic N) is 1. The zero-order valence-electron chi connectivity index (χ0n) is 8.53. The number of rotatable bonds is 2. The molecule has 1 aromatic carbocycles. The Balaban J connectivity index is 2.44. The van der Waals surface area contributed by atoms with E-state index in [1.54, 1.807) is 0 Å². The maximum Gasteiger partial charge on any atom is 0.119 e. The fourth-order valence-electron chi connectivity index (χ4n) is 1.46. The third-order valence-corrected chi connectivity index (χ3v) is 2.54. The minimum Gasteiger partial charge on any atom is -0.267 e. The van der Waals surface area contributed by atoms with Crippen molar-refractivity contribution >= 4 is 12.2 Å². The van der Waals surface area contributed by atoms with Crippen molar-refractivity contribution < 1.29 is 0 Å². The van der Waals surface area contributed by atoms with Crippen molar-refractivity contribution in [3.05, 3.63) is 46.6 Å². The van der Waals surface area contributed by atoms with Crippen molar-refractivity contribution in [3.63, 3.8) is 0 Å². The van der Waals surface area contributed by atoms with Gasteiger partial charge in [-0.2, -0.15) is 5.10 Å². The molecule has 0 unspecified atom stereocenters. The van der Waals surface area contributed by atoms with Gasteiger partial charge in [-0.15, -0.1) is 0 Å². The predicted octanol–water partition coefficient (Wildman–Crippen LogP) is 3.37. The van der Waals surface area contributed by atoms with Crippen LogP contribution >= 0.6 is 12.2 Å². The molecule has 0 aliphatic rings. The van der Waals surface area contributed by atoms with E-state index < -0.39 is 0 Å². The molecule has 0 radical (unpaired) electrons. The number of hydrogen-bond acceptors (Lipinski definition) is 2. The average Bonchev–Trinajstić information content (AvgIpc) is 2.30. The summed E-state index contributed by atoms with van der Waals surface area (Å²) in [6.45, 7) is 2.14. The maximum absolute atomic E-state index is 4.95. The number of H-pyrrole nitrogens is 1. The molecule has 0 atom stereocenters. The fourth-order valence-corrected chi connectivity index (χ4v) is 1.57. The van der Waals surface area contributed by atoms with E-state index in [9.17, 15) is 0 Å². The van der Waals surface area contributed by atoms with Gasteiger partial charge in [-0.25, -0.2) is 0 Å². The Morgan fingerprint density at radius 2 is 2.13 bits per heavy atom. The van der Waals surface area contributed by atoms with E-state index >= 15 is 0 Å². The first-order valence-electron chi connectivity index (χ1n) is 4.94. The molecule has 0 saturated carbocycles. The molecule has 1 heterocycles. The summed E-state index contributed by atoms with van der Waals surface area (Å²) in [5, 5.41) is 7.00. The molecule has 0 bridgehead atoms. The van der Waals surface area contributed by atoms with Gasteiger partial charge in [0.2, 0.25) is 0 Å². The first kappa shape index (κ1) is 10.1. The summed E-state index contributed by atoms with van der Waals surface area (Å²) < 4.78 is 0.658. The van der Waals surface area contributed by atoms with Crippen molar-refractivity contribution in [2.24, 2.45) is 0 Å². The van der Waals surface area contributed by atoms with E-state index in [1.165, 1.54) is 5.56 Å². The van der Waals surface area contributed by atoms with Gasteiger partial charge in [0.05, 0.1) is 5.69 Å². The summed E-state index contributed by atoms with van der Waals surface area (Å²) in [6, 6.07) is 12.2. The number of nitrogens with one attached hydrogen (secondary N) is 1. The van der Waals surface area contributed by atoms with E-state index in [4.69, 9.17) is 12.2 Å². The third-order valence-electron chi connectivity index (χ3n) is 2.31. The van der Waals surface area contributed by atoms with Gasteiger partial charge in [0, 0.05) is 5.56 Å². The Hall–Kier alpha value is -1.48. The van der Waals surface area contributed by atoms with Crippen LogP contribution in [0.4, 0.5) is 0 Å². The van der Waals surface area contributed by atoms with Crippen LogP contribution in [-0.2, 0) is 6.42 Å². The summed E-state index contributed by atoms with van der Waals surface area (Å²) in [5.41, 5.74) is 3.37. The van der Waals surface area contributed by atoms with E-state index in [0.29, 0.717) is 4.64 Å². The van der Waals surface area contributed by atoms with E-state index in [0.717, 1.165) is 17.7 Å². The van der Waals surface area contributed by atoms with Crippen molar-refractivity contribution in [2.75, 3.05) is 0 Å². The molecule has 0 aliphatic heterocycles. The van der Waals surface area contributed by atoms with Crippen LogP contribution in [0.3, 0.4) is 0 Å². The Bertz CT molecular complexity index is 497. The second-order valence-electron chi connectivity index (χ2n) is 3.36. The van der Waals surface area contributed by atoms with Gasteiger partial charge in [0.25, 0.3) is 0 Å². The lowest BCUT2D eigenvalue weighted by Crippen LogP contribution is -1.88. The van der Waals surface area contributed by atoms with Gasteiger partial charge in [-0.1, -0.05) is 37.3 Å². The molecule has 1 N–H and O–H groups in total. The molecule has 0 spiro atoms. The summed E-state index contributed by atoms with van der Waals surface area (Å²) in [5.74, 6) is 0. The van der Waals surface area contributed by atoms with Gasteiger partial charge in [0.15, 0.2) is 0 Å². The molecular weight excluding hydrogens is 204 g/mol. The maximum atomic E-state index is 4.95. The van der Waals surface area contributed by atoms with Crippen molar-refractivity contribution in [1.82, 2.24) is 10.2 Å². The second-order valence-corrected chi connectivity index (χ2v) is 3.80. The average molecular weight is 216 g/mol. The molecule has 0 saturated heterocycles. The van der Waals surface area contributed by atoms with Crippen LogP contribution in [0.2, 0.25) is 0 Å². The Labute approximate surface area is 94.0 Å². The normalized spacial score (nSPS) is 10.2. The molecule has 15 heavy (non-hydrogen) atoms. The smallest absolute Gasteiger partial charge is 0.119 e. The van der Waals surface area contributed by atoms with Gasteiger partial charge >= 0.3 is 0 Å². The minimum absolute atomic E-state index is 0.658. The highest BCUT2D eigenvalue weighted by molar-refractivity contribution is 7.71. The first-order valence-corrected chi connectivity index (χ1v) is 5.35. The number of hydrogen-bond donors (Lipinski definition) is 1. The molecule has 2 rings (SSSR count). The quantitative estimate of drug-likeness (QED) is 0.780. The number of aromatic nitrogens is 2. The van der Waals surface area contributed by atoms with Crippen molar-refractivity contribution in [3.8, 4) is 11.3 Å². The Kier molecular flexibility index (Phi) is 2.92. The first-order chi connectivity index (χ1) is 7.29. The fraction of sp³-hybridized carbons (Fsp3) is 0.167. The van der Waals surface area contributed by atoms with Crippen LogP contribution < -0.4 is 0 Å². The number of aromatic amines is 1. The van der Waals surface area contributed by atoms with Gasteiger partial charge in [0.1, 0.15) is 4.64 Å². The standard InChI is InChI=1S/C12H12N2S/c1-2-9-4-3-5-10(8-9)11-6-7-12(15)14-13-11/h3-8H,2H2,1H3,(H,14,15). The van der Waals surface area contributed by atoms with Crippen LogP contribution in [0.25, 0.3) is 11.3 Å². The van der Waals surface area contributed by atoms with Crippen LogP contribution in [0.15, 0.2) is 36.4 Å². The van der Waals surface area contributed by atoms with Crippen LogP contribution in [0.5, 0.6) is 0 Å². The minimum atomic E-state index is 0.658. The second kappa shape index (κ2) is 4.36. The summed E-state index contributed by atoms with van der Waals surface area (Å²) in [4.78, 5) is 0. The summed E-state index contributed by atoms with van der Waals surface area (Å²) in [7, 11) is 0. The topological polar surface area (TPSA) is 28.7 Å². The number of benzene rings is 1. The molecule has 0 fully saturated rings. The van der Waals surface area contributed by atoms with Crippen LogP contribution in [0.1, 0.15) is 12.5 Å². The lowest BCUT2D eigenvalue weighted by molar-refractivity contribution is 1.02. The van der Waals surface area contributed by atoms with E-state index in [2.05, 4.69) is 41.4 Å². The van der Waals surface area contributed by atoms with Gasteiger partial charge in [-0.05, 0) is 30.2 Å². The lowest BCUT2D eigenvalue weighted by Gasteiger charge is -2.02. The van der Waals surface area contributed by atoms with E-state index in [-0.39, 0.29) is 0 Å². The van der Waals surface area contributed by atoms with Crippen LogP contribution in [0, 0.1) is 4.64 Å². The van der Waals surface area contributed by atoms with Gasteiger partial charge in [-0.3, -0.25) is 5.10 Å².